The minimum Gasteiger partial charge on any atom is -0.387 e. The van der Waals surface area contributed by atoms with E-state index in [2.05, 4.69) is 10.3 Å². The van der Waals surface area contributed by atoms with Crippen LogP contribution >= 0.6 is 0 Å². The van der Waals surface area contributed by atoms with Gasteiger partial charge in [0.15, 0.2) is 6.23 Å². The van der Waals surface area contributed by atoms with Crippen molar-refractivity contribution in [3.05, 3.63) is 70.8 Å². The molecule has 0 fully saturated rings. The van der Waals surface area contributed by atoms with E-state index in [1.807, 2.05) is 6.07 Å². The van der Waals surface area contributed by atoms with Crippen LogP contribution in [0.5, 0.6) is 0 Å². The minimum absolute atomic E-state index is 0.111. The predicted octanol–water partition coefficient (Wildman–Crippen LogP) is 0.941. The minimum atomic E-state index is -0.667. The Labute approximate surface area is 131 Å². The van der Waals surface area contributed by atoms with Gasteiger partial charge in [-0.15, -0.1) is 0 Å². The monoisotopic (exact) mass is 313 g/mol. The Bertz CT molecular complexity index is 785. The molecule has 0 saturated carbocycles. The van der Waals surface area contributed by atoms with Gasteiger partial charge in [0.25, 0.3) is 5.91 Å². The molecule has 118 valence electrons. The fourth-order valence-corrected chi connectivity index (χ4v) is 2.16. The van der Waals surface area contributed by atoms with Gasteiger partial charge in [-0.05, 0) is 24.3 Å². The third-order valence-corrected chi connectivity index (χ3v) is 3.32. The lowest BCUT2D eigenvalue weighted by Crippen LogP contribution is -2.32. The van der Waals surface area contributed by atoms with Gasteiger partial charge in [0, 0.05) is 11.8 Å². The molecular weight excluding hydrogens is 298 g/mol. The standard InChI is InChI=1S/C16H15N3O4/c20-12-6-7-14(23-10-12)19-9-8-13(18-16(19)22)17-15(21)11-4-2-1-3-5-11/h1-9,12,14,20H,10H2,(H,17,18,21,22)/t12-,14-/m0/s1. The molecule has 7 nitrogen and oxygen atoms in total. The lowest BCUT2D eigenvalue weighted by Gasteiger charge is -2.22. The van der Waals surface area contributed by atoms with Crippen molar-refractivity contribution < 1.29 is 14.6 Å². The number of aromatic nitrogens is 2. The van der Waals surface area contributed by atoms with Gasteiger partial charge < -0.3 is 15.2 Å². The van der Waals surface area contributed by atoms with Gasteiger partial charge in [-0.2, -0.15) is 4.98 Å². The Morgan fingerprint density at radius 2 is 2.04 bits per heavy atom. The SMILES string of the molecule is O=C(Nc1ccn([C@@H]2C=C[C@H](O)CO2)c(=O)n1)c1ccccc1. The Balaban J connectivity index is 1.76. The zero-order valence-corrected chi connectivity index (χ0v) is 12.1. The Kier molecular flexibility index (Phi) is 4.31. The summed E-state index contributed by atoms with van der Waals surface area (Å²) in [6.07, 6.45) is 3.35. The second-order valence-electron chi connectivity index (χ2n) is 5.00. The lowest BCUT2D eigenvalue weighted by atomic mass is 10.2. The van der Waals surface area contributed by atoms with Crippen molar-refractivity contribution in [2.45, 2.75) is 12.3 Å². The number of amides is 1. The van der Waals surface area contributed by atoms with Crippen LogP contribution in [-0.2, 0) is 4.74 Å². The van der Waals surface area contributed by atoms with E-state index in [0.717, 1.165) is 0 Å². The highest BCUT2D eigenvalue weighted by Crippen LogP contribution is 2.14. The van der Waals surface area contributed by atoms with Crippen molar-refractivity contribution >= 4 is 11.7 Å². The van der Waals surface area contributed by atoms with Gasteiger partial charge in [-0.3, -0.25) is 9.36 Å². The highest BCUT2D eigenvalue weighted by Gasteiger charge is 2.17. The molecule has 0 unspecified atom stereocenters. The van der Waals surface area contributed by atoms with E-state index < -0.39 is 18.0 Å². The molecule has 1 aromatic heterocycles. The summed E-state index contributed by atoms with van der Waals surface area (Å²) >= 11 is 0. The predicted molar refractivity (Wildman–Crippen MR) is 83.0 cm³/mol. The number of anilines is 1. The number of carbonyl (C=O) groups is 1. The second-order valence-corrected chi connectivity index (χ2v) is 5.00. The normalized spacial score (nSPS) is 20.2. The fraction of sp³-hybridized carbons (Fsp3) is 0.188. The number of nitrogens with one attached hydrogen (secondary N) is 1. The molecule has 1 aromatic carbocycles. The molecule has 7 heteroatoms. The van der Waals surface area contributed by atoms with Gasteiger partial charge in [-0.25, -0.2) is 4.79 Å². The molecule has 0 aliphatic carbocycles. The average molecular weight is 313 g/mol. The van der Waals surface area contributed by atoms with E-state index in [1.165, 1.54) is 16.8 Å². The van der Waals surface area contributed by atoms with Crippen molar-refractivity contribution in [2.75, 3.05) is 11.9 Å². The van der Waals surface area contributed by atoms with Crippen molar-refractivity contribution in [1.29, 1.82) is 0 Å². The van der Waals surface area contributed by atoms with Crippen LogP contribution in [0.15, 0.2) is 59.5 Å². The largest absolute Gasteiger partial charge is 0.387 e. The molecule has 1 aliphatic heterocycles. The summed E-state index contributed by atoms with van der Waals surface area (Å²) in [5.74, 6) is -0.174. The summed E-state index contributed by atoms with van der Waals surface area (Å²) in [6, 6.07) is 10.2. The first-order chi connectivity index (χ1) is 11.1. The number of aliphatic hydroxyl groups excluding tert-OH is 1. The van der Waals surface area contributed by atoms with Crippen LogP contribution in [0.2, 0.25) is 0 Å². The van der Waals surface area contributed by atoms with Crippen LogP contribution in [-0.4, -0.2) is 33.3 Å². The molecule has 2 heterocycles. The summed E-state index contributed by atoms with van der Waals surface area (Å²) in [6.45, 7) is 0.111. The van der Waals surface area contributed by atoms with E-state index >= 15 is 0 Å². The van der Waals surface area contributed by atoms with Crippen LogP contribution in [0.25, 0.3) is 0 Å². The topological polar surface area (TPSA) is 93.5 Å². The quantitative estimate of drug-likeness (QED) is 0.823. The summed E-state index contributed by atoms with van der Waals surface area (Å²) in [5, 5.41) is 11.9. The number of benzene rings is 1. The first kappa shape index (κ1) is 15.1. The van der Waals surface area contributed by atoms with Crippen LogP contribution in [0, 0.1) is 0 Å². The van der Waals surface area contributed by atoms with Gasteiger partial charge >= 0.3 is 5.69 Å². The average Bonchev–Trinajstić information content (AvgIpc) is 2.57. The van der Waals surface area contributed by atoms with E-state index in [4.69, 9.17) is 4.74 Å². The molecular formula is C16H15N3O4. The van der Waals surface area contributed by atoms with Crippen molar-refractivity contribution in [3.8, 4) is 0 Å². The van der Waals surface area contributed by atoms with Crippen molar-refractivity contribution in [3.63, 3.8) is 0 Å². The third-order valence-electron chi connectivity index (χ3n) is 3.32. The number of rotatable bonds is 3. The van der Waals surface area contributed by atoms with E-state index in [9.17, 15) is 14.7 Å². The highest BCUT2D eigenvalue weighted by molar-refractivity contribution is 6.03. The van der Waals surface area contributed by atoms with Gasteiger partial charge in [0.1, 0.15) is 5.82 Å². The summed E-state index contributed by atoms with van der Waals surface area (Å²) in [4.78, 5) is 27.9. The van der Waals surface area contributed by atoms with Gasteiger partial charge in [-0.1, -0.05) is 24.3 Å². The number of aliphatic hydroxyl groups is 1. The first-order valence-corrected chi connectivity index (χ1v) is 7.07. The molecule has 0 bridgehead atoms. The molecule has 1 aliphatic rings. The van der Waals surface area contributed by atoms with E-state index in [0.29, 0.717) is 5.56 Å². The Morgan fingerprint density at radius 3 is 2.70 bits per heavy atom. The molecule has 2 atom stereocenters. The van der Waals surface area contributed by atoms with Crippen LogP contribution in [0.3, 0.4) is 0 Å². The van der Waals surface area contributed by atoms with E-state index in [-0.39, 0.29) is 18.3 Å². The van der Waals surface area contributed by atoms with Gasteiger partial charge in [0.2, 0.25) is 0 Å². The highest BCUT2D eigenvalue weighted by atomic mass is 16.5. The van der Waals surface area contributed by atoms with E-state index in [1.54, 1.807) is 36.4 Å². The number of nitrogens with zero attached hydrogens (tertiary/aromatic N) is 2. The maximum absolute atomic E-state index is 12.1. The molecule has 3 rings (SSSR count). The molecule has 0 spiro atoms. The first-order valence-electron chi connectivity index (χ1n) is 7.07. The number of hydrogen-bond acceptors (Lipinski definition) is 5. The summed E-state index contributed by atoms with van der Waals surface area (Å²) < 4.78 is 6.62. The Hall–Kier alpha value is -2.77. The zero-order valence-electron chi connectivity index (χ0n) is 12.1. The number of ether oxygens (including phenoxy) is 1. The van der Waals surface area contributed by atoms with Gasteiger partial charge in [0.05, 0.1) is 12.7 Å². The fourth-order valence-electron chi connectivity index (χ4n) is 2.16. The number of carbonyl (C=O) groups excluding carboxylic acids is 1. The lowest BCUT2D eigenvalue weighted by molar-refractivity contribution is -0.0202. The smallest absolute Gasteiger partial charge is 0.351 e. The maximum Gasteiger partial charge on any atom is 0.351 e. The second kappa shape index (κ2) is 6.55. The Morgan fingerprint density at radius 1 is 1.26 bits per heavy atom. The van der Waals surface area contributed by atoms with Crippen LogP contribution < -0.4 is 11.0 Å². The molecule has 23 heavy (non-hydrogen) atoms. The molecule has 2 N–H and O–H groups in total. The number of hydrogen-bond donors (Lipinski definition) is 2. The summed E-state index contributed by atoms with van der Waals surface area (Å²) in [7, 11) is 0. The van der Waals surface area contributed by atoms with Crippen molar-refractivity contribution in [1.82, 2.24) is 9.55 Å². The van der Waals surface area contributed by atoms with Crippen LogP contribution in [0.4, 0.5) is 5.82 Å². The van der Waals surface area contributed by atoms with Crippen LogP contribution in [0.1, 0.15) is 16.6 Å². The molecule has 0 radical (unpaired) electrons. The zero-order chi connectivity index (χ0) is 16.2. The van der Waals surface area contributed by atoms with Crippen molar-refractivity contribution in [2.24, 2.45) is 0 Å². The third kappa shape index (κ3) is 3.53. The molecule has 2 aromatic rings. The molecule has 0 saturated heterocycles. The summed E-state index contributed by atoms with van der Waals surface area (Å²) in [5.41, 5.74) is -0.0760. The maximum atomic E-state index is 12.1. The molecule has 1 amide bonds.